The zero-order chi connectivity index (χ0) is 23.1. The molecule has 32 heavy (non-hydrogen) atoms. The molecule has 0 aliphatic heterocycles. The van der Waals surface area contributed by atoms with Gasteiger partial charge in [-0.3, -0.25) is 20.2 Å². The van der Waals surface area contributed by atoms with Crippen molar-refractivity contribution in [3.63, 3.8) is 0 Å². The van der Waals surface area contributed by atoms with Gasteiger partial charge in [0, 0.05) is 24.2 Å². The van der Waals surface area contributed by atoms with Gasteiger partial charge in [0.25, 0.3) is 0 Å². The Morgan fingerprint density at radius 3 is 1.28 bits per heavy atom. The van der Waals surface area contributed by atoms with Crippen molar-refractivity contribution in [2.45, 2.75) is 25.2 Å². The van der Waals surface area contributed by atoms with E-state index in [9.17, 15) is 30.0 Å². The van der Waals surface area contributed by atoms with Crippen LogP contribution in [-0.2, 0) is 22.7 Å². The molecule has 0 heterocycles. The Morgan fingerprint density at radius 2 is 0.969 bits per heavy atom. The molecule has 0 bridgehead atoms. The molecular formula is C24H24N2O6. The number of phenols is 2. The van der Waals surface area contributed by atoms with Crippen molar-refractivity contribution >= 4 is 11.9 Å². The molecule has 2 atom stereocenters. The lowest BCUT2D eigenvalue weighted by molar-refractivity contribution is -0.140. The maximum atomic E-state index is 11.6. The summed E-state index contributed by atoms with van der Waals surface area (Å²) in [6, 6.07) is 17.7. The minimum Gasteiger partial charge on any atom is -0.508 e. The third-order valence-electron chi connectivity index (χ3n) is 5.03. The number of hydrogen-bond donors (Lipinski definition) is 6. The summed E-state index contributed by atoms with van der Waals surface area (Å²) in [5.74, 6) is -2.38. The highest BCUT2D eigenvalue weighted by Crippen LogP contribution is 2.25. The normalized spacial score (nSPS) is 12.8. The van der Waals surface area contributed by atoms with Crippen LogP contribution < -0.4 is 10.6 Å². The maximum Gasteiger partial charge on any atom is 0.325 e. The van der Waals surface area contributed by atoms with Gasteiger partial charge in [0.05, 0.1) is 0 Å². The van der Waals surface area contributed by atoms with Gasteiger partial charge in [-0.15, -0.1) is 0 Å². The van der Waals surface area contributed by atoms with Crippen LogP contribution in [0.4, 0.5) is 0 Å². The Morgan fingerprint density at radius 1 is 0.625 bits per heavy atom. The molecule has 6 N–H and O–H groups in total. The Balaban J connectivity index is 1.62. The van der Waals surface area contributed by atoms with Crippen molar-refractivity contribution in [1.29, 1.82) is 0 Å². The fourth-order valence-electron chi connectivity index (χ4n) is 3.34. The summed E-state index contributed by atoms with van der Waals surface area (Å²) in [4.78, 5) is 23.2. The Hall–Kier alpha value is -3.88. The van der Waals surface area contributed by atoms with Crippen LogP contribution in [0, 0.1) is 0 Å². The van der Waals surface area contributed by atoms with E-state index in [0.29, 0.717) is 0 Å². The van der Waals surface area contributed by atoms with Crippen molar-refractivity contribution in [3.8, 4) is 11.5 Å². The number of rotatable bonds is 10. The molecule has 2 unspecified atom stereocenters. The number of carbonyl (C=O) groups is 2. The zero-order valence-electron chi connectivity index (χ0n) is 17.1. The maximum absolute atomic E-state index is 11.6. The number of carboxylic acids is 2. The summed E-state index contributed by atoms with van der Waals surface area (Å²) in [5.41, 5.74) is 2.21. The quantitative estimate of drug-likeness (QED) is 0.285. The van der Waals surface area contributed by atoms with E-state index in [0.717, 1.165) is 11.1 Å². The van der Waals surface area contributed by atoms with E-state index in [1.54, 1.807) is 36.4 Å². The van der Waals surface area contributed by atoms with Crippen LogP contribution in [0.15, 0.2) is 72.8 Å². The first-order chi connectivity index (χ1) is 15.4. The third-order valence-corrected chi connectivity index (χ3v) is 5.03. The average Bonchev–Trinajstić information content (AvgIpc) is 2.77. The van der Waals surface area contributed by atoms with Crippen LogP contribution in [-0.4, -0.2) is 32.4 Å². The van der Waals surface area contributed by atoms with Gasteiger partial charge in [-0.1, -0.05) is 60.7 Å². The van der Waals surface area contributed by atoms with Gasteiger partial charge in [-0.25, -0.2) is 0 Å². The molecule has 0 saturated carbocycles. The Bertz CT molecular complexity index is 997. The Labute approximate surface area is 184 Å². The van der Waals surface area contributed by atoms with Crippen molar-refractivity contribution in [1.82, 2.24) is 10.6 Å². The zero-order valence-corrected chi connectivity index (χ0v) is 17.1. The molecule has 0 amide bonds. The molecule has 0 aliphatic rings. The van der Waals surface area contributed by atoms with E-state index < -0.39 is 24.0 Å². The molecule has 0 saturated heterocycles. The first-order valence-corrected chi connectivity index (χ1v) is 9.93. The second-order valence-corrected chi connectivity index (χ2v) is 7.24. The fraction of sp³-hybridized carbons (Fsp3) is 0.167. The van der Waals surface area contributed by atoms with E-state index in [-0.39, 0.29) is 35.7 Å². The molecule has 8 heteroatoms. The molecule has 0 radical (unpaired) electrons. The molecule has 0 fully saturated rings. The molecule has 8 nitrogen and oxygen atoms in total. The summed E-state index contributed by atoms with van der Waals surface area (Å²) in [6.45, 7) is 0.517. The molecule has 3 aromatic carbocycles. The van der Waals surface area contributed by atoms with Crippen LogP contribution in [0.3, 0.4) is 0 Å². The van der Waals surface area contributed by atoms with E-state index in [1.165, 1.54) is 12.1 Å². The number of phenolic OH excluding ortho intramolecular Hbond substituents is 2. The predicted octanol–water partition coefficient (Wildman–Crippen LogP) is 2.93. The van der Waals surface area contributed by atoms with Crippen LogP contribution in [0.1, 0.15) is 34.3 Å². The SMILES string of the molecule is O=C(O)C(NCc1ccc(CNC(C(=O)O)c2ccccc2O)cc1)c1ccccc1O. The first-order valence-electron chi connectivity index (χ1n) is 9.93. The van der Waals surface area contributed by atoms with Gasteiger partial charge in [0.15, 0.2) is 0 Å². The Kier molecular flexibility index (Phi) is 7.43. The number of benzene rings is 3. The summed E-state index contributed by atoms with van der Waals surface area (Å²) in [6.07, 6.45) is 0. The minimum absolute atomic E-state index is 0.0914. The monoisotopic (exact) mass is 436 g/mol. The number of carboxylic acid groups (broad SMARTS) is 2. The lowest BCUT2D eigenvalue weighted by Gasteiger charge is -2.17. The summed E-state index contributed by atoms with van der Waals surface area (Å²) < 4.78 is 0. The average molecular weight is 436 g/mol. The van der Waals surface area contributed by atoms with Crippen molar-refractivity contribution < 1.29 is 30.0 Å². The van der Waals surface area contributed by atoms with E-state index in [2.05, 4.69) is 10.6 Å². The molecule has 3 aromatic rings. The smallest absolute Gasteiger partial charge is 0.325 e. The number of para-hydroxylation sites is 2. The fourth-order valence-corrected chi connectivity index (χ4v) is 3.34. The summed E-state index contributed by atoms with van der Waals surface area (Å²) in [7, 11) is 0. The second kappa shape index (κ2) is 10.4. The van der Waals surface area contributed by atoms with Crippen LogP contribution in [0.2, 0.25) is 0 Å². The van der Waals surface area contributed by atoms with Gasteiger partial charge in [-0.05, 0) is 23.3 Å². The summed E-state index contributed by atoms with van der Waals surface area (Å²) in [5, 5.41) is 44.7. The molecule has 0 aromatic heterocycles. The number of aliphatic carboxylic acids is 2. The molecular weight excluding hydrogens is 412 g/mol. The highest BCUT2D eigenvalue weighted by Gasteiger charge is 2.23. The van der Waals surface area contributed by atoms with Gasteiger partial charge < -0.3 is 20.4 Å². The van der Waals surface area contributed by atoms with Crippen LogP contribution in [0.5, 0.6) is 11.5 Å². The highest BCUT2D eigenvalue weighted by molar-refractivity contribution is 5.77. The number of hydrogen-bond acceptors (Lipinski definition) is 6. The second-order valence-electron chi connectivity index (χ2n) is 7.24. The van der Waals surface area contributed by atoms with Gasteiger partial charge >= 0.3 is 11.9 Å². The van der Waals surface area contributed by atoms with Crippen molar-refractivity contribution in [2.24, 2.45) is 0 Å². The lowest BCUT2D eigenvalue weighted by atomic mass is 10.0. The van der Waals surface area contributed by atoms with Gasteiger partial charge in [0.1, 0.15) is 23.6 Å². The molecule has 3 rings (SSSR count). The minimum atomic E-state index is -1.10. The van der Waals surface area contributed by atoms with Crippen LogP contribution >= 0.6 is 0 Å². The van der Waals surface area contributed by atoms with Gasteiger partial charge in [0.2, 0.25) is 0 Å². The van der Waals surface area contributed by atoms with Gasteiger partial charge in [-0.2, -0.15) is 0 Å². The van der Waals surface area contributed by atoms with E-state index in [4.69, 9.17) is 0 Å². The number of aromatic hydroxyl groups is 2. The van der Waals surface area contributed by atoms with E-state index in [1.807, 2.05) is 24.3 Å². The highest BCUT2D eigenvalue weighted by atomic mass is 16.4. The van der Waals surface area contributed by atoms with Crippen molar-refractivity contribution in [3.05, 3.63) is 95.1 Å². The largest absolute Gasteiger partial charge is 0.508 e. The number of nitrogens with one attached hydrogen (secondary N) is 2. The third kappa shape index (κ3) is 5.63. The molecule has 166 valence electrons. The summed E-state index contributed by atoms with van der Waals surface area (Å²) >= 11 is 0. The molecule has 0 spiro atoms. The lowest BCUT2D eigenvalue weighted by Crippen LogP contribution is -2.28. The van der Waals surface area contributed by atoms with Crippen LogP contribution in [0.25, 0.3) is 0 Å². The topological polar surface area (TPSA) is 139 Å². The first kappa shape index (κ1) is 22.8. The van der Waals surface area contributed by atoms with E-state index >= 15 is 0 Å². The van der Waals surface area contributed by atoms with Crippen molar-refractivity contribution in [2.75, 3.05) is 0 Å². The standard InChI is InChI=1S/C24H24N2O6/c27-19-7-3-1-5-17(19)21(23(29)30)25-13-15-9-11-16(12-10-15)14-26-22(24(31)32)18-6-2-4-8-20(18)28/h1-12,21-22,25-28H,13-14H2,(H,29,30)(H,31,32). The predicted molar refractivity (Wildman–Crippen MR) is 117 cm³/mol. The molecule has 0 aliphatic carbocycles.